The van der Waals surface area contributed by atoms with Gasteiger partial charge in [-0.25, -0.2) is 0 Å². The van der Waals surface area contributed by atoms with Crippen LogP contribution < -0.4 is 5.32 Å². The van der Waals surface area contributed by atoms with Crippen LogP contribution in [0.5, 0.6) is 0 Å². The third-order valence-electron chi connectivity index (χ3n) is 2.86. The Kier molecular flexibility index (Phi) is 4.63. The Morgan fingerprint density at radius 3 is 2.80 bits per heavy atom. The van der Waals surface area contributed by atoms with Crippen molar-refractivity contribution in [3.05, 3.63) is 66.3 Å². The first-order valence-corrected chi connectivity index (χ1v) is 8.84. The van der Waals surface area contributed by atoms with E-state index in [0.717, 1.165) is 26.0 Å². The highest BCUT2D eigenvalue weighted by Crippen LogP contribution is 2.32. The first-order valence-electron chi connectivity index (χ1n) is 5.98. The Balaban J connectivity index is 1.81. The van der Waals surface area contributed by atoms with Crippen molar-refractivity contribution in [2.24, 2.45) is 0 Å². The van der Waals surface area contributed by atoms with Gasteiger partial charge in [0.2, 0.25) is 0 Å². The van der Waals surface area contributed by atoms with E-state index < -0.39 is 0 Å². The second-order valence-electron chi connectivity index (χ2n) is 4.16. The lowest BCUT2D eigenvalue weighted by molar-refractivity contribution is 0.450. The minimum atomic E-state index is 0.0245. The fourth-order valence-corrected chi connectivity index (χ4v) is 4.51. The fourth-order valence-electron chi connectivity index (χ4n) is 1.93. The number of furan rings is 1. The molecule has 3 rings (SSSR count). The monoisotopic (exact) mass is 387 g/mol. The Morgan fingerprint density at radius 2 is 2.20 bits per heavy atom. The molecule has 1 N–H and O–H groups in total. The normalized spacial score (nSPS) is 12.7. The summed E-state index contributed by atoms with van der Waals surface area (Å²) in [5.74, 6) is 0.899. The topological polar surface area (TPSA) is 25.2 Å². The van der Waals surface area contributed by atoms with Crippen molar-refractivity contribution >= 4 is 50.2 Å². The zero-order chi connectivity index (χ0) is 13.9. The van der Waals surface area contributed by atoms with Crippen LogP contribution in [0.4, 0.5) is 0 Å². The van der Waals surface area contributed by atoms with Crippen LogP contribution in [-0.2, 0) is 6.54 Å². The van der Waals surface area contributed by atoms with Crippen LogP contribution in [0.3, 0.4) is 0 Å². The van der Waals surface area contributed by atoms with Crippen molar-refractivity contribution in [1.82, 2.24) is 5.32 Å². The molecule has 6 heteroatoms. The highest BCUT2D eigenvalue weighted by atomic mass is 79.9. The van der Waals surface area contributed by atoms with Gasteiger partial charge in [0.25, 0.3) is 0 Å². The van der Waals surface area contributed by atoms with Crippen molar-refractivity contribution < 1.29 is 4.42 Å². The van der Waals surface area contributed by atoms with E-state index in [1.165, 1.54) is 4.88 Å². The summed E-state index contributed by atoms with van der Waals surface area (Å²) in [6, 6.07) is 9.92. The number of nitrogens with one attached hydrogen (secondary N) is 1. The molecule has 0 aliphatic carbocycles. The van der Waals surface area contributed by atoms with Crippen LogP contribution in [0.2, 0.25) is 4.34 Å². The molecular formula is C14H11BrClNOS2. The van der Waals surface area contributed by atoms with Gasteiger partial charge in [-0.1, -0.05) is 11.6 Å². The second-order valence-corrected chi connectivity index (χ2v) is 7.76. The van der Waals surface area contributed by atoms with Gasteiger partial charge in [0.1, 0.15) is 11.8 Å². The molecule has 0 radical (unpaired) electrons. The Hall–Kier alpha value is -0.590. The van der Waals surface area contributed by atoms with Gasteiger partial charge >= 0.3 is 0 Å². The quantitative estimate of drug-likeness (QED) is 0.606. The highest BCUT2D eigenvalue weighted by Gasteiger charge is 2.19. The van der Waals surface area contributed by atoms with Crippen molar-refractivity contribution in [2.45, 2.75) is 12.6 Å². The maximum Gasteiger partial charge on any atom is 0.126 e. The van der Waals surface area contributed by atoms with Crippen molar-refractivity contribution in [3.63, 3.8) is 0 Å². The minimum Gasteiger partial charge on any atom is -0.467 e. The van der Waals surface area contributed by atoms with Crippen LogP contribution in [0, 0.1) is 0 Å². The summed E-state index contributed by atoms with van der Waals surface area (Å²) in [6.45, 7) is 0.777. The number of hydrogen-bond donors (Lipinski definition) is 1. The molecule has 3 heterocycles. The lowest BCUT2D eigenvalue weighted by Crippen LogP contribution is -2.20. The standard InChI is InChI=1S/C14H11BrClNOS2/c15-9-5-7-19-12(9)8-17-14(10-2-1-6-18-10)11-3-4-13(16)20-11/h1-7,14,17H,8H2. The zero-order valence-electron chi connectivity index (χ0n) is 10.3. The van der Waals surface area contributed by atoms with E-state index in [1.54, 1.807) is 28.9 Å². The molecule has 1 unspecified atom stereocenters. The summed E-state index contributed by atoms with van der Waals surface area (Å²) in [4.78, 5) is 2.42. The molecule has 0 fully saturated rings. The molecule has 0 saturated heterocycles. The predicted octanol–water partition coefficient (Wildman–Crippen LogP) is 5.70. The lowest BCUT2D eigenvalue weighted by Gasteiger charge is -2.14. The third kappa shape index (κ3) is 3.18. The molecule has 0 saturated carbocycles. The Bertz CT molecular complexity index is 677. The van der Waals surface area contributed by atoms with Gasteiger partial charge in [-0.15, -0.1) is 22.7 Å². The van der Waals surface area contributed by atoms with Crippen molar-refractivity contribution in [2.75, 3.05) is 0 Å². The van der Waals surface area contributed by atoms with E-state index in [9.17, 15) is 0 Å². The second kappa shape index (κ2) is 6.45. The molecule has 0 aliphatic heterocycles. The summed E-state index contributed by atoms with van der Waals surface area (Å²) < 4.78 is 7.48. The van der Waals surface area contributed by atoms with Gasteiger partial charge in [-0.3, -0.25) is 5.32 Å². The first-order chi connectivity index (χ1) is 9.74. The average Bonchev–Trinajstić information content (AvgIpc) is 3.14. The van der Waals surface area contributed by atoms with Crippen LogP contribution in [0.1, 0.15) is 21.6 Å². The maximum absolute atomic E-state index is 6.05. The molecule has 0 amide bonds. The summed E-state index contributed by atoms with van der Waals surface area (Å²) in [5.41, 5.74) is 0. The van der Waals surface area contributed by atoms with Gasteiger partial charge in [0.15, 0.2) is 0 Å². The fraction of sp³-hybridized carbons (Fsp3) is 0.143. The molecule has 104 valence electrons. The number of rotatable bonds is 5. The van der Waals surface area contributed by atoms with E-state index in [4.69, 9.17) is 16.0 Å². The number of halogens is 2. The molecule has 0 bridgehead atoms. The van der Waals surface area contributed by atoms with Crippen LogP contribution >= 0.6 is 50.2 Å². The van der Waals surface area contributed by atoms with Crippen LogP contribution in [-0.4, -0.2) is 0 Å². The Labute approximate surface area is 138 Å². The lowest BCUT2D eigenvalue weighted by atomic mass is 10.2. The van der Waals surface area contributed by atoms with Gasteiger partial charge in [0.05, 0.1) is 10.6 Å². The predicted molar refractivity (Wildman–Crippen MR) is 88.7 cm³/mol. The van der Waals surface area contributed by atoms with E-state index in [0.29, 0.717) is 0 Å². The third-order valence-corrected chi connectivity index (χ3v) is 6.09. The van der Waals surface area contributed by atoms with Crippen LogP contribution in [0.25, 0.3) is 0 Å². The Morgan fingerprint density at radius 1 is 1.30 bits per heavy atom. The number of thiophene rings is 2. The molecule has 20 heavy (non-hydrogen) atoms. The summed E-state index contributed by atoms with van der Waals surface area (Å²) in [5, 5.41) is 5.61. The van der Waals surface area contributed by atoms with E-state index >= 15 is 0 Å². The highest BCUT2D eigenvalue weighted by molar-refractivity contribution is 9.10. The smallest absolute Gasteiger partial charge is 0.126 e. The van der Waals surface area contributed by atoms with Gasteiger partial charge in [-0.05, 0) is 51.6 Å². The minimum absolute atomic E-state index is 0.0245. The van der Waals surface area contributed by atoms with E-state index in [2.05, 4.69) is 32.7 Å². The first kappa shape index (κ1) is 14.4. The van der Waals surface area contributed by atoms with Crippen molar-refractivity contribution in [1.29, 1.82) is 0 Å². The molecule has 0 aromatic carbocycles. The molecule has 1 atom stereocenters. The summed E-state index contributed by atoms with van der Waals surface area (Å²) >= 11 is 12.9. The zero-order valence-corrected chi connectivity index (χ0v) is 14.3. The van der Waals surface area contributed by atoms with Gasteiger partial charge < -0.3 is 4.42 Å². The molecular weight excluding hydrogens is 378 g/mol. The SMILES string of the molecule is Clc1ccc(C(NCc2sccc2Br)c2ccco2)s1. The van der Waals surface area contributed by atoms with Crippen molar-refractivity contribution in [3.8, 4) is 0 Å². The largest absolute Gasteiger partial charge is 0.467 e. The summed E-state index contributed by atoms with van der Waals surface area (Å²) in [6.07, 6.45) is 1.69. The van der Waals surface area contributed by atoms with Gasteiger partial charge in [-0.2, -0.15) is 0 Å². The maximum atomic E-state index is 6.05. The average molecular weight is 389 g/mol. The number of hydrogen-bond acceptors (Lipinski definition) is 4. The molecule has 3 aromatic heterocycles. The summed E-state index contributed by atoms with van der Waals surface area (Å²) in [7, 11) is 0. The molecule has 3 aromatic rings. The van der Waals surface area contributed by atoms with Crippen LogP contribution in [0.15, 0.2) is 50.9 Å². The molecule has 0 spiro atoms. The van der Waals surface area contributed by atoms with Gasteiger partial charge in [0, 0.05) is 20.8 Å². The van der Waals surface area contributed by atoms with E-state index in [-0.39, 0.29) is 6.04 Å². The molecule has 2 nitrogen and oxygen atoms in total. The van der Waals surface area contributed by atoms with E-state index in [1.807, 2.05) is 24.3 Å². The molecule has 0 aliphatic rings.